The Balaban J connectivity index is 1.89. The van der Waals surface area contributed by atoms with Gasteiger partial charge in [-0.05, 0) is 57.3 Å². The fraction of sp³-hybridized carbons (Fsp3) is 0.853. The van der Waals surface area contributed by atoms with Crippen molar-refractivity contribution in [2.24, 2.45) is 23.0 Å². The summed E-state index contributed by atoms with van der Waals surface area (Å²) < 4.78 is 31.8. The number of primary amides is 1. The van der Waals surface area contributed by atoms with E-state index in [4.69, 9.17) is 10.5 Å². The molecular formula is C34H60N6O8S. The molecule has 5 N–H and O–H groups in total. The number of likely N-dealkylation sites (tertiary alicyclic amines) is 1. The van der Waals surface area contributed by atoms with Crippen LogP contribution >= 0.6 is 0 Å². The Morgan fingerprint density at radius 1 is 0.918 bits per heavy atom. The molecular weight excluding hydrogens is 652 g/mol. The average molecular weight is 713 g/mol. The number of nitrogens with two attached hydrogens (primary N) is 1. The number of ketones is 1. The van der Waals surface area contributed by atoms with Crippen molar-refractivity contribution in [3.63, 3.8) is 0 Å². The van der Waals surface area contributed by atoms with Crippen LogP contribution < -0.4 is 21.7 Å². The highest BCUT2D eigenvalue weighted by molar-refractivity contribution is 7.88. The highest BCUT2D eigenvalue weighted by Gasteiger charge is 2.46. The standard InChI is InChI=1S/C34H60N6O8S/c1-33(2,3)26(20-39(7)49(8,46)47)37-32(45)38-27(22-15-10-9-11-16-22)31(44)40-19-23(48-34(4,5)6)18-25(40)30(43)36-24(28(41)29(35)42)17-21-13-12-14-21/h21-27H,9-20H2,1-8H3,(H2,35,42)(H,36,43)(H2,37,38,45)/t23-,24?,25+,26-,27+/m1/s1. The monoisotopic (exact) mass is 712 g/mol. The van der Waals surface area contributed by atoms with Crippen LogP contribution in [0.2, 0.25) is 0 Å². The smallest absolute Gasteiger partial charge is 0.315 e. The molecule has 49 heavy (non-hydrogen) atoms. The summed E-state index contributed by atoms with van der Waals surface area (Å²) in [5.41, 5.74) is 4.26. The van der Waals surface area contributed by atoms with Crippen LogP contribution in [0.1, 0.15) is 106 Å². The largest absolute Gasteiger partial charge is 0.371 e. The third-order valence-electron chi connectivity index (χ3n) is 10.1. The van der Waals surface area contributed by atoms with Crippen molar-refractivity contribution in [2.75, 3.05) is 26.4 Å². The SMILES string of the molecule is CN(C[C@@H](NC(=O)N[C@H](C(=O)N1C[C@H](OC(C)(C)C)C[C@H]1C(=O)NC(CC1CCC1)C(=O)C(N)=O)C1CCCCC1)C(C)(C)C)S(C)(=O)=O. The molecule has 1 unspecified atom stereocenters. The maximum atomic E-state index is 14.6. The van der Waals surface area contributed by atoms with Crippen LogP contribution in [-0.2, 0) is 33.9 Å². The number of nitrogens with zero attached hydrogens (tertiary/aromatic N) is 2. The summed E-state index contributed by atoms with van der Waals surface area (Å²) in [5.74, 6) is -2.99. The number of rotatable bonds is 14. The summed E-state index contributed by atoms with van der Waals surface area (Å²) in [5, 5.41) is 8.58. The summed E-state index contributed by atoms with van der Waals surface area (Å²) in [6.07, 6.45) is 8.09. The van der Waals surface area contributed by atoms with Crippen LogP contribution in [0.5, 0.6) is 0 Å². The third kappa shape index (κ3) is 11.9. The maximum Gasteiger partial charge on any atom is 0.315 e. The second-order valence-corrected chi connectivity index (χ2v) is 18.5. The van der Waals surface area contributed by atoms with Crippen molar-refractivity contribution < 1.29 is 37.1 Å². The number of Topliss-reactive ketones (excluding diaryl/α,β-unsaturated/α-hetero) is 1. The van der Waals surface area contributed by atoms with E-state index in [-0.39, 0.29) is 31.3 Å². The number of sulfonamides is 1. The Morgan fingerprint density at radius 3 is 2.02 bits per heavy atom. The lowest BCUT2D eigenvalue weighted by Gasteiger charge is -2.37. The Morgan fingerprint density at radius 2 is 1.53 bits per heavy atom. The van der Waals surface area contributed by atoms with E-state index in [1.54, 1.807) is 0 Å². The second-order valence-electron chi connectivity index (χ2n) is 16.4. The number of ether oxygens (including phenoxy) is 1. The van der Waals surface area contributed by atoms with Gasteiger partial charge in [0, 0.05) is 32.6 Å². The topological polar surface area (TPSA) is 197 Å². The fourth-order valence-corrected chi connectivity index (χ4v) is 7.32. The molecule has 3 aliphatic rings. The van der Waals surface area contributed by atoms with Gasteiger partial charge < -0.3 is 31.3 Å². The van der Waals surface area contributed by atoms with Crippen molar-refractivity contribution >= 4 is 39.6 Å². The molecule has 280 valence electrons. The Bertz CT molecular complexity index is 1320. The fourth-order valence-electron chi connectivity index (χ4n) is 6.90. The zero-order valence-electron chi connectivity index (χ0n) is 30.7. The van der Waals surface area contributed by atoms with E-state index in [0.717, 1.165) is 44.8 Å². The molecule has 0 aromatic carbocycles. The normalized spacial score (nSPS) is 22.9. The van der Waals surface area contributed by atoms with E-state index in [9.17, 15) is 32.4 Å². The second kappa shape index (κ2) is 16.5. The van der Waals surface area contributed by atoms with E-state index >= 15 is 0 Å². The predicted octanol–water partition coefficient (Wildman–Crippen LogP) is 2.05. The van der Waals surface area contributed by atoms with Gasteiger partial charge in [0.05, 0.1) is 24.0 Å². The summed E-state index contributed by atoms with van der Waals surface area (Å²) in [4.78, 5) is 68.3. The van der Waals surface area contributed by atoms with E-state index in [1.807, 2.05) is 41.5 Å². The Kier molecular flexibility index (Phi) is 13.7. The van der Waals surface area contributed by atoms with Crippen LogP contribution in [-0.4, -0.2) is 109 Å². The van der Waals surface area contributed by atoms with Gasteiger partial charge in [0.15, 0.2) is 0 Å². The molecule has 1 heterocycles. The number of hydrogen-bond donors (Lipinski definition) is 4. The predicted molar refractivity (Wildman–Crippen MR) is 186 cm³/mol. The molecule has 0 bridgehead atoms. The lowest BCUT2D eigenvalue weighted by molar-refractivity contribution is -0.143. The first-order valence-electron chi connectivity index (χ1n) is 17.7. The van der Waals surface area contributed by atoms with E-state index < -0.39 is 80.8 Å². The van der Waals surface area contributed by atoms with Crippen LogP contribution in [0.25, 0.3) is 0 Å². The molecule has 14 nitrogen and oxygen atoms in total. The van der Waals surface area contributed by atoms with Gasteiger partial charge in [-0.25, -0.2) is 17.5 Å². The van der Waals surface area contributed by atoms with Gasteiger partial charge in [0.1, 0.15) is 12.1 Å². The highest BCUT2D eigenvalue weighted by Crippen LogP contribution is 2.33. The third-order valence-corrected chi connectivity index (χ3v) is 11.4. The highest BCUT2D eigenvalue weighted by atomic mass is 32.2. The van der Waals surface area contributed by atoms with Crippen LogP contribution in [0.4, 0.5) is 4.79 Å². The van der Waals surface area contributed by atoms with Crippen LogP contribution in [0.15, 0.2) is 0 Å². The summed E-state index contributed by atoms with van der Waals surface area (Å²) in [6, 6.07) is -4.26. The molecule has 2 aliphatic carbocycles. The van der Waals surface area contributed by atoms with E-state index in [2.05, 4.69) is 16.0 Å². The molecule has 2 saturated carbocycles. The van der Waals surface area contributed by atoms with Crippen molar-refractivity contribution in [1.82, 2.24) is 25.2 Å². The molecule has 3 rings (SSSR count). The van der Waals surface area contributed by atoms with Crippen molar-refractivity contribution in [1.29, 1.82) is 0 Å². The van der Waals surface area contributed by atoms with Crippen molar-refractivity contribution in [3.05, 3.63) is 0 Å². The maximum absolute atomic E-state index is 14.6. The Hall–Kier alpha value is -2.78. The molecule has 3 fully saturated rings. The number of carbonyl (C=O) groups is 5. The van der Waals surface area contributed by atoms with Gasteiger partial charge in [-0.2, -0.15) is 0 Å². The minimum Gasteiger partial charge on any atom is -0.371 e. The van der Waals surface area contributed by atoms with Gasteiger partial charge >= 0.3 is 6.03 Å². The molecule has 0 spiro atoms. The number of likely N-dealkylation sites (N-methyl/N-ethyl adjacent to an activating group) is 1. The number of hydrogen-bond acceptors (Lipinski definition) is 8. The first-order valence-corrected chi connectivity index (χ1v) is 19.5. The zero-order chi connectivity index (χ0) is 36.9. The Labute approximate surface area is 292 Å². The van der Waals surface area contributed by atoms with Gasteiger partial charge in [0.25, 0.3) is 5.91 Å². The zero-order valence-corrected chi connectivity index (χ0v) is 31.5. The van der Waals surface area contributed by atoms with Gasteiger partial charge in [-0.1, -0.05) is 59.3 Å². The van der Waals surface area contributed by atoms with Crippen molar-refractivity contribution in [2.45, 2.75) is 142 Å². The molecule has 1 aliphatic heterocycles. The molecule has 0 aromatic rings. The van der Waals surface area contributed by atoms with Crippen LogP contribution in [0.3, 0.4) is 0 Å². The molecule has 5 amide bonds. The average Bonchev–Trinajstić information content (AvgIpc) is 3.37. The first-order chi connectivity index (χ1) is 22.6. The molecule has 15 heteroatoms. The number of nitrogens with one attached hydrogen (secondary N) is 3. The summed E-state index contributed by atoms with van der Waals surface area (Å²) in [7, 11) is -2.06. The molecule has 0 radical (unpaired) electrons. The van der Waals surface area contributed by atoms with Crippen molar-refractivity contribution in [3.8, 4) is 0 Å². The lowest BCUT2D eigenvalue weighted by Crippen LogP contribution is -2.61. The quantitative estimate of drug-likeness (QED) is 0.196. The number of amides is 5. The van der Waals surface area contributed by atoms with E-state index in [0.29, 0.717) is 19.3 Å². The van der Waals surface area contributed by atoms with Gasteiger partial charge in [-0.3, -0.25) is 19.2 Å². The molecule has 5 atom stereocenters. The van der Waals surface area contributed by atoms with E-state index in [1.165, 1.54) is 16.3 Å². The summed E-state index contributed by atoms with van der Waals surface area (Å²) in [6.45, 7) is 11.5. The van der Waals surface area contributed by atoms with Gasteiger partial charge in [-0.15, -0.1) is 0 Å². The minimum absolute atomic E-state index is 0.0318. The molecule has 0 aromatic heterocycles. The van der Waals surface area contributed by atoms with Gasteiger partial charge in [0.2, 0.25) is 27.6 Å². The first kappa shape index (κ1) is 40.6. The lowest BCUT2D eigenvalue weighted by atomic mass is 9.80. The molecule has 1 saturated heterocycles. The number of urea groups is 1. The van der Waals surface area contributed by atoms with Crippen LogP contribution in [0, 0.1) is 17.3 Å². The summed E-state index contributed by atoms with van der Waals surface area (Å²) >= 11 is 0. The number of carbonyl (C=O) groups excluding carboxylic acids is 5. The minimum atomic E-state index is -3.51.